The van der Waals surface area contributed by atoms with Crippen LogP contribution in [0.3, 0.4) is 0 Å². The third-order valence-electron chi connectivity index (χ3n) is 5.95. The van der Waals surface area contributed by atoms with Crippen molar-refractivity contribution in [3.8, 4) is 5.69 Å². The van der Waals surface area contributed by atoms with Crippen molar-refractivity contribution >= 4 is 15.9 Å². The molecule has 2 aliphatic rings. The molecule has 8 nitrogen and oxygen atoms in total. The second-order valence-electron chi connectivity index (χ2n) is 8.01. The number of hydrogen-bond donors (Lipinski definition) is 1. The Labute approximate surface area is 171 Å². The van der Waals surface area contributed by atoms with E-state index in [1.807, 2.05) is 25.1 Å². The van der Waals surface area contributed by atoms with Gasteiger partial charge in [0.1, 0.15) is 0 Å². The van der Waals surface area contributed by atoms with E-state index < -0.39 is 10.0 Å². The minimum absolute atomic E-state index is 0.172. The molecule has 1 fully saturated rings. The standard InChI is InChI=1S/C20H27N5O3S/c1-14-19(20(26)21-16-8-4-3-5-9-16)22-23-25(14)18-10-6-7-15-13-24(29(2,27)28)12-11-17(15)18/h6-7,10,16H,3-5,8-9,11-13H2,1-2H3,(H,21,26). The van der Waals surface area contributed by atoms with E-state index in [4.69, 9.17) is 0 Å². The average molecular weight is 418 g/mol. The monoisotopic (exact) mass is 417 g/mol. The zero-order valence-corrected chi connectivity index (χ0v) is 17.7. The minimum Gasteiger partial charge on any atom is -0.348 e. The molecule has 1 saturated carbocycles. The van der Waals surface area contributed by atoms with E-state index in [0.29, 0.717) is 30.9 Å². The molecule has 2 heterocycles. The van der Waals surface area contributed by atoms with Gasteiger partial charge in [-0.3, -0.25) is 4.79 Å². The number of aromatic nitrogens is 3. The Kier molecular flexibility index (Phi) is 5.44. The highest BCUT2D eigenvalue weighted by atomic mass is 32.2. The summed E-state index contributed by atoms with van der Waals surface area (Å²) in [6, 6.07) is 5.99. The van der Waals surface area contributed by atoms with Crippen molar-refractivity contribution in [1.29, 1.82) is 0 Å². The molecule has 9 heteroatoms. The molecule has 0 bridgehead atoms. The Morgan fingerprint density at radius 1 is 1.21 bits per heavy atom. The second kappa shape index (κ2) is 7.87. The minimum atomic E-state index is -3.23. The summed E-state index contributed by atoms with van der Waals surface area (Å²) in [6.07, 6.45) is 7.40. The third kappa shape index (κ3) is 4.06. The molecule has 0 radical (unpaired) electrons. The molecule has 0 atom stereocenters. The number of fused-ring (bicyclic) bond motifs is 1. The van der Waals surface area contributed by atoms with E-state index in [1.54, 1.807) is 4.68 Å². The van der Waals surface area contributed by atoms with Crippen LogP contribution in [0.4, 0.5) is 0 Å². The Morgan fingerprint density at radius 3 is 2.69 bits per heavy atom. The molecule has 1 aromatic carbocycles. The van der Waals surface area contributed by atoms with E-state index in [9.17, 15) is 13.2 Å². The smallest absolute Gasteiger partial charge is 0.273 e. The first kappa shape index (κ1) is 20.0. The molecule has 4 rings (SSSR count). The van der Waals surface area contributed by atoms with Gasteiger partial charge in [-0.05, 0) is 43.4 Å². The molecule has 0 saturated heterocycles. The highest BCUT2D eigenvalue weighted by molar-refractivity contribution is 7.88. The van der Waals surface area contributed by atoms with Crippen LogP contribution in [0.2, 0.25) is 0 Å². The van der Waals surface area contributed by atoms with Crippen molar-refractivity contribution in [3.05, 3.63) is 40.7 Å². The van der Waals surface area contributed by atoms with Crippen LogP contribution >= 0.6 is 0 Å². The van der Waals surface area contributed by atoms with Crippen LogP contribution in [0.25, 0.3) is 5.69 Å². The fourth-order valence-electron chi connectivity index (χ4n) is 4.31. The van der Waals surface area contributed by atoms with Gasteiger partial charge in [-0.1, -0.05) is 36.6 Å². The van der Waals surface area contributed by atoms with Crippen molar-refractivity contribution < 1.29 is 13.2 Å². The number of rotatable bonds is 4. The molecule has 0 unspecified atom stereocenters. The van der Waals surface area contributed by atoms with Crippen LogP contribution in [-0.4, -0.2) is 52.5 Å². The molecule has 1 aliphatic carbocycles. The van der Waals surface area contributed by atoms with Gasteiger partial charge in [0.25, 0.3) is 5.91 Å². The summed E-state index contributed by atoms with van der Waals surface area (Å²) < 4.78 is 27.0. The SMILES string of the molecule is Cc1c(C(=O)NC2CCCCC2)nnn1-c1cccc2c1CCN(S(C)(=O)=O)C2. The van der Waals surface area contributed by atoms with Crippen LogP contribution in [0.15, 0.2) is 18.2 Å². The molecule has 1 N–H and O–H groups in total. The summed E-state index contributed by atoms with van der Waals surface area (Å²) in [4.78, 5) is 12.7. The molecular weight excluding hydrogens is 390 g/mol. The number of nitrogens with one attached hydrogen (secondary N) is 1. The Balaban J connectivity index is 1.60. The summed E-state index contributed by atoms with van der Waals surface area (Å²) >= 11 is 0. The summed E-state index contributed by atoms with van der Waals surface area (Å²) in [5, 5.41) is 11.5. The number of sulfonamides is 1. The zero-order chi connectivity index (χ0) is 20.6. The highest BCUT2D eigenvalue weighted by Crippen LogP contribution is 2.27. The van der Waals surface area contributed by atoms with E-state index in [2.05, 4.69) is 15.6 Å². The first-order chi connectivity index (χ1) is 13.8. The normalized spacial score (nSPS) is 18.4. The van der Waals surface area contributed by atoms with Gasteiger partial charge in [0.15, 0.2) is 5.69 Å². The Morgan fingerprint density at radius 2 is 1.97 bits per heavy atom. The molecule has 0 spiro atoms. The number of benzene rings is 1. The van der Waals surface area contributed by atoms with Crippen molar-refractivity contribution in [1.82, 2.24) is 24.6 Å². The largest absolute Gasteiger partial charge is 0.348 e. The summed E-state index contributed by atoms with van der Waals surface area (Å²) in [5.74, 6) is -0.172. The zero-order valence-electron chi connectivity index (χ0n) is 16.9. The maximum atomic E-state index is 12.7. The number of carbonyl (C=O) groups excluding carboxylic acids is 1. The van der Waals surface area contributed by atoms with Gasteiger partial charge in [-0.2, -0.15) is 4.31 Å². The van der Waals surface area contributed by atoms with E-state index >= 15 is 0 Å². The molecule has 1 aromatic heterocycles. The fourth-order valence-corrected chi connectivity index (χ4v) is 5.11. The van der Waals surface area contributed by atoms with Crippen LogP contribution in [-0.2, 0) is 23.0 Å². The van der Waals surface area contributed by atoms with Crippen molar-refractivity contribution in [2.24, 2.45) is 0 Å². The first-order valence-corrected chi connectivity index (χ1v) is 12.0. The lowest BCUT2D eigenvalue weighted by atomic mass is 9.95. The van der Waals surface area contributed by atoms with Gasteiger partial charge >= 0.3 is 0 Å². The highest BCUT2D eigenvalue weighted by Gasteiger charge is 2.27. The Bertz CT molecular complexity index is 1020. The van der Waals surface area contributed by atoms with E-state index in [1.165, 1.54) is 17.0 Å². The molecule has 1 aliphatic heterocycles. The van der Waals surface area contributed by atoms with E-state index in [0.717, 1.165) is 42.5 Å². The van der Waals surface area contributed by atoms with Gasteiger partial charge in [0.2, 0.25) is 10.0 Å². The number of carbonyl (C=O) groups is 1. The van der Waals surface area contributed by atoms with Gasteiger partial charge in [-0.25, -0.2) is 13.1 Å². The van der Waals surface area contributed by atoms with Gasteiger partial charge in [0, 0.05) is 19.1 Å². The lowest BCUT2D eigenvalue weighted by molar-refractivity contribution is 0.0922. The number of nitrogens with zero attached hydrogens (tertiary/aromatic N) is 4. The van der Waals surface area contributed by atoms with Crippen molar-refractivity contribution in [2.75, 3.05) is 12.8 Å². The molecular formula is C20H27N5O3S. The maximum absolute atomic E-state index is 12.7. The van der Waals surface area contributed by atoms with E-state index in [-0.39, 0.29) is 11.9 Å². The Hall–Kier alpha value is -2.26. The molecule has 1 amide bonds. The molecule has 29 heavy (non-hydrogen) atoms. The van der Waals surface area contributed by atoms with Crippen LogP contribution < -0.4 is 5.32 Å². The summed E-state index contributed by atoms with van der Waals surface area (Å²) in [7, 11) is -3.23. The van der Waals surface area contributed by atoms with Gasteiger partial charge in [0.05, 0.1) is 17.6 Å². The first-order valence-electron chi connectivity index (χ1n) is 10.1. The summed E-state index contributed by atoms with van der Waals surface area (Å²) in [6.45, 7) is 2.64. The lowest BCUT2D eigenvalue weighted by Crippen LogP contribution is -2.36. The predicted octanol–water partition coefficient (Wildman–Crippen LogP) is 1.96. The average Bonchev–Trinajstić information content (AvgIpc) is 3.08. The third-order valence-corrected chi connectivity index (χ3v) is 7.20. The van der Waals surface area contributed by atoms with Crippen LogP contribution in [0.5, 0.6) is 0 Å². The predicted molar refractivity (Wildman–Crippen MR) is 109 cm³/mol. The summed E-state index contributed by atoms with van der Waals surface area (Å²) in [5.41, 5.74) is 3.92. The number of amides is 1. The quantitative estimate of drug-likeness (QED) is 0.820. The van der Waals surface area contributed by atoms with Crippen molar-refractivity contribution in [3.63, 3.8) is 0 Å². The lowest BCUT2D eigenvalue weighted by Gasteiger charge is -2.28. The topological polar surface area (TPSA) is 97.2 Å². The van der Waals surface area contributed by atoms with Gasteiger partial charge in [-0.15, -0.1) is 5.10 Å². The van der Waals surface area contributed by atoms with Crippen molar-refractivity contribution in [2.45, 2.75) is 58.0 Å². The second-order valence-corrected chi connectivity index (χ2v) is 9.99. The molecule has 2 aromatic rings. The fraction of sp³-hybridized carbons (Fsp3) is 0.550. The van der Waals surface area contributed by atoms with Crippen LogP contribution in [0, 0.1) is 6.92 Å². The molecule has 156 valence electrons. The maximum Gasteiger partial charge on any atom is 0.273 e. The number of hydrogen-bond acceptors (Lipinski definition) is 5. The van der Waals surface area contributed by atoms with Gasteiger partial charge < -0.3 is 5.32 Å². The van der Waals surface area contributed by atoms with Crippen LogP contribution in [0.1, 0.15) is 59.4 Å².